The molecule has 0 aromatic carbocycles. The number of carbonyl (C=O) groups excluding carboxylic acids is 1. The first kappa shape index (κ1) is 12.0. The molecule has 2 unspecified atom stereocenters. The topological polar surface area (TPSA) is 68.0 Å². The molecule has 3 N–H and O–H groups in total. The SMILES string of the molecule is Cc1ccc(NC(=O)C2CCCCC2N)nc1. The average Bonchev–Trinajstić information content (AvgIpc) is 2.32. The van der Waals surface area contributed by atoms with Crippen molar-refractivity contribution in [3.8, 4) is 0 Å². The summed E-state index contributed by atoms with van der Waals surface area (Å²) >= 11 is 0. The molecule has 2 rings (SSSR count). The van der Waals surface area contributed by atoms with E-state index in [9.17, 15) is 4.79 Å². The number of nitrogens with two attached hydrogens (primary N) is 1. The van der Waals surface area contributed by atoms with Crippen LogP contribution in [0.15, 0.2) is 18.3 Å². The minimum atomic E-state index is -0.0631. The Hall–Kier alpha value is -1.42. The first-order valence-electron chi connectivity index (χ1n) is 6.16. The number of amides is 1. The summed E-state index contributed by atoms with van der Waals surface area (Å²) in [5.74, 6) is 0.554. The van der Waals surface area contributed by atoms with Gasteiger partial charge in [0.2, 0.25) is 5.91 Å². The first-order valence-corrected chi connectivity index (χ1v) is 6.16. The number of aryl methyl sites for hydroxylation is 1. The Kier molecular flexibility index (Phi) is 3.74. The van der Waals surface area contributed by atoms with Crippen molar-refractivity contribution in [3.05, 3.63) is 23.9 Å². The van der Waals surface area contributed by atoms with Crippen LogP contribution in [-0.2, 0) is 4.79 Å². The summed E-state index contributed by atoms with van der Waals surface area (Å²) in [6, 6.07) is 3.75. The molecule has 4 heteroatoms. The number of rotatable bonds is 2. The highest BCUT2D eigenvalue weighted by atomic mass is 16.2. The zero-order valence-electron chi connectivity index (χ0n) is 10.1. The number of nitrogens with zero attached hydrogens (tertiary/aromatic N) is 1. The number of hydrogen-bond donors (Lipinski definition) is 2. The number of anilines is 1. The molecule has 0 aliphatic heterocycles. The van der Waals surface area contributed by atoms with Crippen LogP contribution in [0.25, 0.3) is 0 Å². The van der Waals surface area contributed by atoms with Crippen molar-refractivity contribution in [3.63, 3.8) is 0 Å². The van der Waals surface area contributed by atoms with Gasteiger partial charge in [0.25, 0.3) is 0 Å². The maximum atomic E-state index is 12.0. The summed E-state index contributed by atoms with van der Waals surface area (Å²) in [5.41, 5.74) is 7.06. The van der Waals surface area contributed by atoms with Crippen LogP contribution in [0.3, 0.4) is 0 Å². The van der Waals surface area contributed by atoms with Crippen LogP contribution in [0.4, 0.5) is 5.82 Å². The van der Waals surface area contributed by atoms with Gasteiger partial charge in [-0.25, -0.2) is 4.98 Å². The van der Waals surface area contributed by atoms with Crippen LogP contribution in [0.1, 0.15) is 31.2 Å². The summed E-state index contributed by atoms with van der Waals surface area (Å²) in [7, 11) is 0. The summed E-state index contributed by atoms with van der Waals surface area (Å²) in [4.78, 5) is 16.2. The van der Waals surface area contributed by atoms with Gasteiger partial charge in [0.05, 0.1) is 5.92 Å². The maximum Gasteiger partial charge on any atom is 0.230 e. The predicted molar refractivity (Wildman–Crippen MR) is 67.5 cm³/mol. The van der Waals surface area contributed by atoms with E-state index in [4.69, 9.17) is 5.73 Å². The molecule has 0 spiro atoms. The number of hydrogen-bond acceptors (Lipinski definition) is 3. The fraction of sp³-hybridized carbons (Fsp3) is 0.538. The highest BCUT2D eigenvalue weighted by Crippen LogP contribution is 2.24. The summed E-state index contributed by atoms with van der Waals surface area (Å²) in [5, 5.41) is 2.84. The Balaban J connectivity index is 1.98. The van der Waals surface area contributed by atoms with Crippen LogP contribution < -0.4 is 11.1 Å². The van der Waals surface area contributed by atoms with Gasteiger partial charge in [-0.15, -0.1) is 0 Å². The molecule has 17 heavy (non-hydrogen) atoms. The van der Waals surface area contributed by atoms with Gasteiger partial charge in [0, 0.05) is 12.2 Å². The van der Waals surface area contributed by atoms with E-state index in [1.807, 2.05) is 19.1 Å². The predicted octanol–water partition coefficient (Wildman–Crippen LogP) is 1.85. The monoisotopic (exact) mass is 233 g/mol. The molecule has 1 saturated carbocycles. The second-order valence-corrected chi connectivity index (χ2v) is 4.76. The molecule has 2 atom stereocenters. The van der Waals surface area contributed by atoms with E-state index >= 15 is 0 Å². The third kappa shape index (κ3) is 3.03. The molecule has 0 saturated heterocycles. The Bertz CT molecular complexity index is 388. The minimum absolute atomic E-state index is 0.00537. The van der Waals surface area contributed by atoms with Crippen LogP contribution >= 0.6 is 0 Å². The van der Waals surface area contributed by atoms with E-state index in [1.54, 1.807) is 6.20 Å². The van der Waals surface area contributed by atoms with Crippen molar-refractivity contribution in [1.82, 2.24) is 4.98 Å². The van der Waals surface area contributed by atoms with Gasteiger partial charge in [0.15, 0.2) is 0 Å². The normalized spacial score (nSPS) is 24.4. The second-order valence-electron chi connectivity index (χ2n) is 4.76. The van der Waals surface area contributed by atoms with Gasteiger partial charge >= 0.3 is 0 Å². The molecule has 0 bridgehead atoms. The van der Waals surface area contributed by atoms with E-state index in [1.165, 1.54) is 0 Å². The van der Waals surface area contributed by atoms with E-state index in [-0.39, 0.29) is 17.9 Å². The summed E-state index contributed by atoms with van der Waals surface area (Å²) < 4.78 is 0. The molecule has 4 nitrogen and oxygen atoms in total. The highest BCUT2D eigenvalue weighted by molar-refractivity contribution is 5.92. The zero-order valence-corrected chi connectivity index (χ0v) is 10.1. The third-order valence-electron chi connectivity index (χ3n) is 3.32. The quantitative estimate of drug-likeness (QED) is 0.819. The molecule has 1 aliphatic carbocycles. The zero-order chi connectivity index (χ0) is 12.3. The fourth-order valence-electron chi connectivity index (χ4n) is 2.25. The standard InChI is InChI=1S/C13H19N3O/c1-9-6-7-12(15-8-9)16-13(17)10-4-2-3-5-11(10)14/h6-8,10-11H,2-5,14H2,1H3,(H,15,16,17). The molecule has 92 valence electrons. The Morgan fingerprint density at radius 3 is 2.82 bits per heavy atom. The lowest BCUT2D eigenvalue weighted by Gasteiger charge is -2.27. The van der Waals surface area contributed by atoms with Gasteiger partial charge in [0.1, 0.15) is 5.82 Å². The molecule has 1 amide bonds. The van der Waals surface area contributed by atoms with Gasteiger partial charge in [-0.3, -0.25) is 4.79 Å². The summed E-state index contributed by atoms with van der Waals surface area (Å²) in [6.45, 7) is 1.97. The highest BCUT2D eigenvalue weighted by Gasteiger charge is 2.28. The second kappa shape index (κ2) is 5.27. The molecular formula is C13H19N3O. The van der Waals surface area contributed by atoms with Crippen molar-refractivity contribution in [2.24, 2.45) is 11.7 Å². The number of aromatic nitrogens is 1. The van der Waals surface area contributed by atoms with Crippen LogP contribution in [0.5, 0.6) is 0 Å². The van der Waals surface area contributed by atoms with Gasteiger partial charge in [-0.1, -0.05) is 18.9 Å². The van der Waals surface area contributed by atoms with Crippen molar-refractivity contribution < 1.29 is 4.79 Å². The smallest absolute Gasteiger partial charge is 0.230 e. The van der Waals surface area contributed by atoms with Gasteiger partial charge in [-0.05, 0) is 31.4 Å². The maximum absolute atomic E-state index is 12.0. The third-order valence-corrected chi connectivity index (χ3v) is 3.32. The minimum Gasteiger partial charge on any atom is -0.327 e. The van der Waals surface area contributed by atoms with Crippen molar-refractivity contribution >= 4 is 11.7 Å². The Morgan fingerprint density at radius 2 is 2.18 bits per heavy atom. The summed E-state index contributed by atoms with van der Waals surface area (Å²) in [6.07, 6.45) is 5.80. The molecular weight excluding hydrogens is 214 g/mol. The van der Waals surface area contributed by atoms with Crippen LogP contribution in [0.2, 0.25) is 0 Å². The molecule has 1 aromatic rings. The number of nitrogens with one attached hydrogen (secondary N) is 1. The van der Waals surface area contributed by atoms with Gasteiger partial charge in [-0.2, -0.15) is 0 Å². The molecule has 1 fully saturated rings. The van der Waals surface area contributed by atoms with E-state index in [0.29, 0.717) is 5.82 Å². The molecule has 1 heterocycles. The largest absolute Gasteiger partial charge is 0.327 e. The van der Waals surface area contributed by atoms with Gasteiger partial charge < -0.3 is 11.1 Å². The number of carbonyl (C=O) groups is 1. The van der Waals surface area contributed by atoms with Crippen LogP contribution in [-0.4, -0.2) is 16.9 Å². The average molecular weight is 233 g/mol. The fourth-order valence-corrected chi connectivity index (χ4v) is 2.25. The molecule has 1 aliphatic rings. The lowest BCUT2D eigenvalue weighted by Crippen LogP contribution is -2.40. The number of pyridine rings is 1. The van der Waals surface area contributed by atoms with Crippen molar-refractivity contribution in [2.75, 3.05) is 5.32 Å². The van der Waals surface area contributed by atoms with E-state index < -0.39 is 0 Å². The lowest BCUT2D eigenvalue weighted by atomic mass is 9.84. The van der Waals surface area contributed by atoms with E-state index in [2.05, 4.69) is 10.3 Å². The van der Waals surface area contributed by atoms with E-state index in [0.717, 1.165) is 31.2 Å². The molecule has 0 radical (unpaired) electrons. The van der Waals surface area contributed by atoms with Crippen molar-refractivity contribution in [2.45, 2.75) is 38.6 Å². The molecule has 1 aromatic heterocycles. The lowest BCUT2D eigenvalue weighted by molar-refractivity contribution is -0.121. The Labute approximate surface area is 102 Å². The first-order chi connectivity index (χ1) is 8.16. The van der Waals surface area contributed by atoms with Crippen molar-refractivity contribution in [1.29, 1.82) is 0 Å². The Morgan fingerprint density at radius 1 is 1.41 bits per heavy atom. The van der Waals surface area contributed by atoms with Crippen LogP contribution in [0, 0.1) is 12.8 Å².